The van der Waals surface area contributed by atoms with E-state index < -0.39 is 0 Å². The Balaban J connectivity index is 1.52. The lowest BCUT2D eigenvalue weighted by molar-refractivity contribution is 0.123. The molecule has 110 valence electrons. The molecule has 1 saturated heterocycles. The Kier molecular flexibility index (Phi) is 4.10. The van der Waals surface area contributed by atoms with E-state index in [9.17, 15) is 0 Å². The molecule has 5 nitrogen and oxygen atoms in total. The van der Waals surface area contributed by atoms with Gasteiger partial charge < -0.3 is 15.2 Å². The second-order valence-electron chi connectivity index (χ2n) is 5.74. The number of piperazine rings is 1. The van der Waals surface area contributed by atoms with E-state index in [0.29, 0.717) is 6.79 Å². The standard InChI is InChI=1S/C15H23N3O2/c1-12(16)9-17-4-6-18(7-5-17)10-13-2-3-14-15(8-13)20-11-19-14/h2-3,8,12H,4-7,9-11,16H2,1H3/t12-/m0/s1. The van der Waals surface area contributed by atoms with Gasteiger partial charge in [0, 0.05) is 45.3 Å². The molecule has 2 aliphatic heterocycles. The molecule has 2 N–H and O–H groups in total. The maximum atomic E-state index is 5.85. The van der Waals surface area contributed by atoms with Crippen molar-refractivity contribution in [2.24, 2.45) is 5.73 Å². The lowest BCUT2D eigenvalue weighted by atomic mass is 10.1. The minimum absolute atomic E-state index is 0.260. The second-order valence-corrected chi connectivity index (χ2v) is 5.74. The van der Waals surface area contributed by atoms with Crippen molar-refractivity contribution in [1.82, 2.24) is 9.80 Å². The van der Waals surface area contributed by atoms with Gasteiger partial charge >= 0.3 is 0 Å². The van der Waals surface area contributed by atoms with Crippen LogP contribution >= 0.6 is 0 Å². The number of fused-ring (bicyclic) bond motifs is 1. The maximum Gasteiger partial charge on any atom is 0.231 e. The van der Waals surface area contributed by atoms with Crippen molar-refractivity contribution < 1.29 is 9.47 Å². The van der Waals surface area contributed by atoms with Crippen LogP contribution in [0.5, 0.6) is 11.5 Å². The Bertz CT molecular complexity index is 456. The van der Waals surface area contributed by atoms with Crippen LogP contribution in [0, 0.1) is 0 Å². The van der Waals surface area contributed by atoms with Crippen molar-refractivity contribution in [3.63, 3.8) is 0 Å². The SMILES string of the molecule is C[C@H](N)CN1CCN(Cc2ccc3c(c2)OCO3)CC1. The van der Waals surface area contributed by atoms with Crippen LogP contribution in [0.25, 0.3) is 0 Å². The van der Waals surface area contributed by atoms with Crippen molar-refractivity contribution in [3.8, 4) is 11.5 Å². The van der Waals surface area contributed by atoms with Gasteiger partial charge in [-0.25, -0.2) is 0 Å². The number of ether oxygens (including phenoxy) is 2. The fourth-order valence-corrected chi connectivity index (χ4v) is 2.83. The molecule has 0 spiro atoms. The molecule has 2 heterocycles. The quantitative estimate of drug-likeness (QED) is 0.885. The predicted molar refractivity (Wildman–Crippen MR) is 77.9 cm³/mol. The van der Waals surface area contributed by atoms with Gasteiger partial charge in [-0.1, -0.05) is 6.07 Å². The molecular weight excluding hydrogens is 254 g/mol. The highest BCUT2D eigenvalue weighted by atomic mass is 16.7. The molecule has 0 aliphatic carbocycles. The first-order chi connectivity index (χ1) is 9.70. The largest absolute Gasteiger partial charge is 0.454 e. The molecule has 1 fully saturated rings. The molecule has 3 rings (SSSR count). The molecule has 1 aromatic carbocycles. The smallest absolute Gasteiger partial charge is 0.231 e. The minimum atomic E-state index is 0.260. The first-order valence-corrected chi connectivity index (χ1v) is 7.29. The van der Waals surface area contributed by atoms with E-state index in [1.807, 2.05) is 6.07 Å². The summed E-state index contributed by atoms with van der Waals surface area (Å²) < 4.78 is 10.8. The Morgan fingerprint density at radius 2 is 1.80 bits per heavy atom. The molecular formula is C15H23N3O2. The number of nitrogens with two attached hydrogens (primary N) is 1. The number of hydrogen-bond acceptors (Lipinski definition) is 5. The van der Waals surface area contributed by atoms with Gasteiger partial charge in [0.1, 0.15) is 0 Å². The van der Waals surface area contributed by atoms with E-state index in [1.54, 1.807) is 0 Å². The predicted octanol–water partition coefficient (Wildman–Crippen LogP) is 0.880. The Morgan fingerprint density at radius 1 is 1.10 bits per heavy atom. The van der Waals surface area contributed by atoms with Crippen LogP contribution in [0.4, 0.5) is 0 Å². The van der Waals surface area contributed by atoms with Crippen molar-refractivity contribution in [2.75, 3.05) is 39.5 Å². The third-order valence-electron chi connectivity index (χ3n) is 3.85. The summed E-state index contributed by atoms with van der Waals surface area (Å²) in [4.78, 5) is 4.93. The minimum Gasteiger partial charge on any atom is -0.454 e. The van der Waals surface area contributed by atoms with Crippen molar-refractivity contribution >= 4 is 0 Å². The first-order valence-electron chi connectivity index (χ1n) is 7.29. The monoisotopic (exact) mass is 277 g/mol. The normalized spacial score (nSPS) is 21.1. The van der Waals surface area contributed by atoms with Crippen molar-refractivity contribution in [1.29, 1.82) is 0 Å². The topological polar surface area (TPSA) is 51.0 Å². The van der Waals surface area contributed by atoms with E-state index in [-0.39, 0.29) is 6.04 Å². The number of rotatable bonds is 4. The number of hydrogen-bond donors (Lipinski definition) is 1. The summed E-state index contributed by atoms with van der Waals surface area (Å²) in [5, 5.41) is 0. The maximum absolute atomic E-state index is 5.85. The Morgan fingerprint density at radius 3 is 2.55 bits per heavy atom. The Labute approximate surface area is 120 Å². The van der Waals surface area contributed by atoms with Gasteiger partial charge in [0.2, 0.25) is 6.79 Å². The van der Waals surface area contributed by atoms with Crippen LogP contribution < -0.4 is 15.2 Å². The fraction of sp³-hybridized carbons (Fsp3) is 0.600. The summed E-state index contributed by atoms with van der Waals surface area (Å²) in [6.07, 6.45) is 0. The number of nitrogens with zero attached hydrogens (tertiary/aromatic N) is 2. The summed E-state index contributed by atoms with van der Waals surface area (Å²) in [5.74, 6) is 1.73. The molecule has 0 bridgehead atoms. The second kappa shape index (κ2) is 5.99. The summed E-state index contributed by atoms with van der Waals surface area (Å²) in [5.41, 5.74) is 7.14. The molecule has 0 amide bonds. The van der Waals surface area contributed by atoms with Crippen LogP contribution in [0.1, 0.15) is 12.5 Å². The van der Waals surface area contributed by atoms with Gasteiger partial charge in [-0.05, 0) is 24.6 Å². The first kappa shape index (κ1) is 13.7. The van der Waals surface area contributed by atoms with Crippen LogP contribution in [0.15, 0.2) is 18.2 Å². The summed E-state index contributed by atoms with van der Waals surface area (Å²) in [6, 6.07) is 6.48. The molecule has 0 aromatic heterocycles. The lowest BCUT2D eigenvalue weighted by Crippen LogP contribution is -2.48. The van der Waals surface area contributed by atoms with Crippen LogP contribution in [0.3, 0.4) is 0 Å². The van der Waals surface area contributed by atoms with E-state index >= 15 is 0 Å². The summed E-state index contributed by atoms with van der Waals surface area (Å²) in [7, 11) is 0. The van der Waals surface area contributed by atoms with E-state index in [4.69, 9.17) is 15.2 Å². The molecule has 0 unspecified atom stereocenters. The van der Waals surface area contributed by atoms with E-state index in [0.717, 1.165) is 50.8 Å². The molecule has 0 saturated carbocycles. The van der Waals surface area contributed by atoms with Gasteiger partial charge in [0.05, 0.1) is 0 Å². The lowest BCUT2D eigenvalue weighted by Gasteiger charge is -2.35. The zero-order chi connectivity index (χ0) is 13.9. The molecule has 0 radical (unpaired) electrons. The third-order valence-corrected chi connectivity index (χ3v) is 3.85. The number of benzene rings is 1. The van der Waals surface area contributed by atoms with E-state index in [1.165, 1.54) is 5.56 Å². The zero-order valence-corrected chi connectivity index (χ0v) is 12.0. The molecule has 1 aromatic rings. The molecule has 20 heavy (non-hydrogen) atoms. The van der Waals surface area contributed by atoms with Crippen LogP contribution in [-0.2, 0) is 6.54 Å². The fourth-order valence-electron chi connectivity index (χ4n) is 2.83. The highest BCUT2D eigenvalue weighted by molar-refractivity contribution is 5.44. The highest BCUT2D eigenvalue weighted by Gasteiger charge is 2.19. The summed E-state index contributed by atoms with van der Waals surface area (Å²) in [6.45, 7) is 8.79. The highest BCUT2D eigenvalue weighted by Crippen LogP contribution is 2.32. The molecule has 1 atom stereocenters. The molecule has 2 aliphatic rings. The van der Waals surface area contributed by atoms with Gasteiger partial charge in [-0.3, -0.25) is 9.80 Å². The van der Waals surface area contributed by atoms with Gasteiger partial charge in [-0.2, -0.15) is 0 Å². The van der Waals surface area contributed by atoms with E-state index in [2.05, 4.69) is 28.9 Å². The molecule has 5 heteroatoms. The van der Waals surface area contributed by atoms with Crippen LogP contribution in [0.2, 0.25) is 0 Å². The van der Waals surface area contributed by atoms with Crippen LogP contribution in [-0.4, -0.2) is 55.4 Å². The van der Waals surface area contributed by atoms with Crippen molar-refractivity contribution in [2.45, 2.75) is 19.5 Å². The average molecular weight is 277 g/mol. The summed E-state index contributed by atoms with van der Waals surface area (Å²) >= 11 is 0. The zero-order valence-electron chi connectivity index (χ0n) is 12.0. The van der Waals surface area contributed by atoms with Gasteiger partial charge in [-0.15, -0.1) is 0 Å². The third kappa shape index (κ3) is 3.23. The average Bonchev–Trinajstić information content (AvgIpc) is 2.88. The Hall–Kier alpha value is -1.30. The van der Waals surface area contributed by atoms with Gasteiger partial charge in [0.15, 0.2) is 11.5 Å². The van der Waals surface area contributed by atoms with Gasteiger partial charge in [0.25, 0.3) is 0 Å². The van der Waals surface area contributed by atoms with Crippen molar-refractivity contribution in [3.05, 3.63) is 23.8 Å².